The van der Waals surface area contributed by atoms with Crippen molar-refractivity contribution in [3.63, 3.8) is 0 Å². The highest BCUT2D eigenvalue weighted by Gasteiger charge is 2.29. The number of piperidine rings is 2. The molecule has 12 nitrogen and oxygen atoms in total. The number of ether oxygens (including phenoxy) is 6. The third-order valence-corrected chi connectivity index (χ3v) is 17.3. The molecule has 3 fully saturated rings. The van der Waals surface area contributed by atoms with Crippen molar-refractivity contribution in [2.75, 3.05) is 121 Å². The lowest BCUT2D eigenvalue weighted by Gasteiger charge is -2.37. The molecule has 78 heavy (non-hydrogen) atoms. The third-order valence-electron chi connectivity index (χ3n) is 17.3. The Morgan fingerprint density at radius 2 is 0.679 bits per heavy atom. The van der Waals surface area contributed by atoms with Gasteiger partial charge in [-0.3, -0.25) is 29.4 Å². The van der Waals surface area contributed by atoms with E-state index in [2.05, 4.69) is 175 Å². The maximum atomic E-state index is 7.23. The molecule has 2 aromatic carbocycles. The van der Waals surface area contributed by atoms with Crippen molar-refractivity contribution < 1.29 is 28.4 Å². The second-order valence-electron chi connectivity index (χ2n) is 26.6. The van der Waals surface area contributed by atoms with Crippen LogP contribution in [-0.2, 0) is 54.4 Å². The van der Waals surface area contributed by atoms with E-state index in [1.165, 1.54) is 22.3 Å². The summed E-state index contributed by atoms with van der Waals surface area (Å²) in [6, 6.07) is 19.9. The molecule has 0 amide bonds. The minimum atomic E-state index is 0.0243. The molecule has 0 spiro atoms. The summed E-state index contributed by atoms with van der Waals surface area (Å²) < 4.78 is 39.6. The maximum Gasteiger partial charge on any atom is 0.0743 e. The van der Waals surface area contributed by atoms with Gasteiger partial charge in [-0.25, -0.2) is 0 Å². The minimum Gasteiger partial charge on any atom is -0.381 e. The summed E-state index contributed by atoms with van der Waals surface area (Å²) in [7, 11) is 12.9. The van der Waals surface area contributed by atoms with Gasteiger partial charge >= 0.3 is 0 Å². The molecule has 0 radical (unpaired) electrons. The van der Waals surface area contributed by atoms with E-state index in [1.807, 2.05) is 14.2 Å². The zero-order chi connectivity index (χ0) is 56.7. The number of rotatable bonds is 18. The second kappa shape index (κ2) is 35.2. The van der Waals surface area contributed by atoms with Crippen LogP contribution in [0.1, 0.15) is 143 Å². The first kappa shape index (κ1) is 66.8. The van der Waals surface area contributed by atoms with Crippen molar-refractivity contribution in [2.24, 2.45) is 23.7 Å². The highest BCUT2D eigenvalue weighted by atomic mass is 16.5. The SMILES string of the molecule is COC1CCN(Cc2ccc(C[C@@H]3CN(C)[C@@H](CC(C)C)CO[C@H](C)CN(C)[C@@H](CC(C)C)CO[C@H](Cc4ccc(CN5CCC(OC)CC5)cc4)CN(C)[C@@H](CC(C)C)CO[C@H](C)CN(C)[C@@H](CC(C)C)CO3)cc2)CC1. The van der Waals surface area contributed by atoms with E-state index < -0.39 is 0 Å². The Morgan fingerprint density at radius 3 is 0.962 bits per heavy atom. The fraction of sp³-hybridized carbons (Fsp3) is 0.818. The van der Waals surface area contributed by atoms with Crippen LogP contribution in [0.3, 0.4) is 0 Å². The molecule has 0 saturated carbocycles. The van der Waals surface area contributed by atoms with Crippen molar-refractivity contribution in [2.45, 2.75) is 207 Å². The van der Waals surface area contributed by atoms with E-state index in [-0.39, 0.29) is 48.6 Å². The molecule has 3 aliphatic rings. The Kier molecular flexibility index (Phi) is 30.1. The van der Waals surface area contributed by atoms with Crippen LogP contribution in [0, 0.1) is 23.7 Å². The normalized spacial score (nSPS) is 28.1. The Labute approximate surface area is 478 Å². The first-order chi connectivity index (χ1) is 37.2. The number of hydrogen-bond donors (Lipinski definition) is 0. The van der Waals surface area contributed by atoms with Crippen molar-refractivity contribution in [3.8, 4) is 0 Å². The van der Waals surface area contributed by atoms with Gasteiger partial charge in [0.25, 0.3) is 0 Å². The van der Waals surface area contributed by atoms with Gasteiger partial charge in [0.15, 0.2) is 0 Å². The highest BCUT2D eigenvalue weighted by Crippen LogP contribution is 2.24. The summed E-state index contributed by atoms with van der Waals surface area (Å²) in [5.74, 6) is 2.14. The standard InChI is InChI=1S/C66H118N6O6/c1-49(2)33-59-45-75-53(9)39-67(11)62(36-52(7)8)48-78-66(38-56-19-23-58(24-20-56)42-72-31-27-64(74-16)28-32-72)44-70(14)60(34-50(3)4)46-76-54(10)40-68(12)61(35-51(5)6)47-77-65(43-69(59)13)37-55-17-21-57(22-18-55)41-71-29-25-63(73-15)26-30-71/h17-24,49-54,59-66H,25-48H2,1-16H3/t53-,54-,59+,60+,61+,62+,65-,66-/m1/s1. The molecule has 0 N–H and O–H groups in total. The maximum absolute atomic E-state index is 7.23. The zero-order valence-corrected chi connectivity index (χ0v) is 52.8. The quantitative estimate of drug-likeness (QED) is 0.143. The molecule has 3 saturated heterocycles. The molecular formula is C66H118N6O6. The van der Waals surface area contributed by atoms with E-state index >= 15 is 0 Å². The van der Waals surface area contributed by atoms with Crippen LogP contribution >= 0.6 is 0 Å². The molecule has 2 aromatic rings. The average Bonchev–Trinajstić information content (AvgIpc) is 3.39. The summed E-state index contributed by atoms with van der Waals surface area (Å²) in [6.07, 6.45) is 11.4. The largest absolute Gasteiger partial charge is 0.381 e. The van der Waals surface area contributed by atoms with Crippen molar-refractivity contribution in [3.05, 3.63) is 70.8 Å². The Balaban J connectivity index is 1.38. The number of hydrogen-bond acceptors (Lipinski definition) is 12. The van der Waals surface area contributed by atoms with Crippen LogP contribution in [0.15, 0.2) is 48.5 Å². The lowest BCUT2D eigenvalue weighted by Crippen LogP contribution is -2.47. The minimum absolute atomic E-state index is 0.0243. The lowest BCUT2D eigenvalue weighted by atomic mass is 10.0. The van der Waals surface area contributed by atoms with Crippen molar-refractivity contribution >= 4 is 0 Å². The van der Waals surface area contributed by atoms with E-state index in [0.717, 1.165) is 130 Å². The Bertz CT molecular complexity index is 1710. The topological polar surface area (TPSA) is 74.8 Å². The fourth-order valence-corrected chi connectivity index (χ4v) is 12.4. The van der Waals surface area contributed by atoms with Crippen LogP contribution in [0.5, 0.6) is 0 Å². The number of nitrogens with zero attached hydrogens (tertiary/aromatic N) is 6. The molecule has 448 valence electrons. The molecule has 8 atom stereocenters. The van der Waals surface area contributed by atoms with E-state index in [1.54, 1.807) is 0 Å². The van der Waals surface area contributed by atoms with Crippen LogP contribution in [0.25, 0.3) is 0 Å². The van der Waals surface area contributed by atoms with Crippen LogP contribution in [-0.4, -0.2) is 211 Å². The molecule has 0 unspecified atom stereocenters. The predicted octanol–water partition coefficient (Wildman–Crippen LogP) is 10.7. The van der Waals surface area contributed by atoms with Gasteiger partial charge in [-0.05, 0) is 152 Å². The van der Waals surface area contributed by atoms with Crippen molar-refractivity contribution in [1.29, 1.82) is 0 Å². The number of methoxy groups -OCH3 is 2. The van der Waals surface area contributed by atoms with E-state index in [0.29, 0.717) is 62.3 Å². The summed E-state index contributed by atoms with van der Waals surface area (Å²) in [5.41, 5.74) is 5.42. The number of likely N-dealkylation sites (tertiary alicyclic amines) is 2. The van der Waals surface area contributed by atoms with Crippen LogP contribution in [0.4, 0.5) is 0 Å². The molecule has 3 heterocycles. The smallest absolute Gasteiger partial charge is 0.0743 e. The molecule has 0 bridgehead atoms. The van der Waals surface area contributed by atoms with Gasteiger partial charge < -0.3 is 28.4 Å². The Morgan fingerprint density at radius 1 is 0.410 bits per heavy atom. The Hall–Kier alpha value is -2.04. The van der Waals surface area contributed by atoms with Crippen LogP contribution in [0.2, 0.25) is 0 Å². The van der Waals surface area contributed by atoms with Gasteiger partial charge in [0.1, 0.15) is 0 Å². The zero-order valence-electron chi connectivity index (χ0n) is 52.8. The van der Waals surface area contributed by atoms with Gasteiger partial charge in [0, 0.05) is 104 Å². The van der Waals surface area contributed by atoms with Gasteiger partial charge in [0.05, 0.1) is 63.1 Å². The van der Waals surface area contributed by atoms with Gasteiger partial charge in [-0.2, -0.15) is 0 Å². The molecule has 5 rings (SSSR count). The second-order valence-corrected chi connectivity index (χ2v) is 26.6. The van der Waals surface area contributed by atoms with Crippen molar-refractivity contribution in [1.82, 2.24) is 29.4 Å². The lowest BCUT2D eigenvalue weighted by molar-refractivity contribution is -0.0536. The first-order valence-corrected chi connectivity index (χ1v) is 31.2. The third kappa shape index (κ3) is 24.8. The van der Waals surface area contributed by atoms with Gasteiger partial charge in [-0.1, -0.05) is 104 Å². The number of likely N-dealkylation sites (N-methyl/N-ethyl adjacent to an activating group) is 4. The van der Waals surface area contributed by atoms with E-state index in [9.17, 15) is 0 Å². The molecule has 12 heteroatoms. The molecule has 0 aromatic heterocycles. The van der Waals surface area contributed by atoms with Gasteiger partial charge in [0.2, 0.25) is 0 Å². The van der Waals surface area contributed by atoms with Crippen LogP contribution < -0.4 is 0 Å². The molecular weight excluding hydrogens is 973 g/mol. The van der Waals surface area contributed by atoms with Gasteiger partial charge in [-0.15, -0.1) is 0 Å². The summed E-state index contributed by atoms with van der Waals surface area (Å²) >= 11 is 0. The average molecular weight is 1090 g/mol. The summed E-state index contributed by atoms with van der Waals surface area (Å²) in [6.45, 7) is 35.7. The number of benzene rings is 2. The van der Waals surface area contributed by atoms with E-state index in [4.69, 9.17) is 28.4 Å². The fourth-order valence-electron chi connectivity index (χ4n) is 12.4. The molecule has 0 aliphatic carbocycles. The molecule has 3 aliphatic heterocycles. The first-order valence-electron chi connectivity index (χ1n) is 31.2. The summed E-state index contributed by atoms with van der Waals surface area (Å²) in [4.78, 5) is 15.3. The predicted molar refractivity (Wildman–Crippen MR) is 325 cm³/mol. The monoisotopic (exact) mass is 1090 g/mol. The highest BCUT2D eigenvalue weighted by molar-refractivity contribution is 5.24. The summed E-state index contributed by atoms with van der Waals surface area (Å²) in [5, 5.41) is 0.